The van der Waals surface area contributed by atoms with Gasteiger partial charge in [0.15, 0.2) is 0 Å². The van der Waals surface area contributed by atoms with Gasteiger partial charge >= 0.3 is 11.9 Å². The molecule has 0 fully saturated rings. The Morgan fingerprint density at radius 2 is 1.38 bits per heavy atom. The third-order valence-electron chi connectivity index (χ3n) is 8.45. The summed E-state index contributed by atoms with van der Waals surface area (Å²) in [5.41, 5.74) is 3.60. The summed E-state index contributed by atoms with van der Waals surface area (Å²) in [6.07, 6.45) is 0.159. The van der Waals surface area contributed by atoms with Crippen molar-refractivity contribution in [2.45, 2.75) is 65.0 Å². The van der Waals surface area contributed by atoms with E-state index in [1.807, 2.05) is 36.9 Å². The zero-order chi connectivity index (χ0) is 32.2. The van der Waals surface area contributed by atoms with Gasteiger partial charge in [0, 0.05) is 110 Å². The first kappa shape index (κ1) is 32.1. The molecular weight excluding hydrogens is 655 g/mol. The van der Waals surface area contributed by atoms with E-state index in [0.29, 0.717) is 49.2 Å². The summed E-state index contributed by atoms with van der Waals surface area (Å²) in [7, 11) is 0. The van der Waals surface area contributed by atoms with Gasteiger partial charge in [0.1, 0.15) is 17.7 Å². The maximum Gasteiger partial charge on any atom is 0.308 e. The van der Waals surface area contributed by atoms with Crippen LogP contribution in [0.5, 0.6) is 11.5 Å². The van der Waals surface area contributed by atoms with E-state index in [0.717, 1.165) is 52.4 Å². The zero-order valence-electron chi connectivity index (χ0n) is 25.4. The van der Waals surface area contributed by atoms with Gasteiger partial charge < -0.3 is 24.4 Å². The van der Waals surface area contributed by atoms with Crippen LogP contribution in [0.25, 0.3) is 20.2 Å². The molecule has 0 saturated carbocycles. The average molecular weight is 690 g/mol. The molecular formula is C33H34Cl2N2O6S2. The summed E-state index contributed by atoms with van der Waals surface area (Å²) in [5.74, 6) is 0.699. The van der Waals surface area contributed by atoms with Crippen molar-refractivity contribution in [1.29, 1.82) is 0 Å². The predicted molar refractivity (Wildman–Crippen MR) is 182 cm³/mol. The van der Waals surface area contributed by atoms with Gasteiger partial charge in [0.2, 0.25) is 5.91 Å². The van der Waals surface area contributed by atoms with Crippen LogP contribution in [-0.4, -0.2) is 54.0 Å². The molecule has 3 atom stereocenters. The number of benzene rings is 2. The number of ether oxygens (including phenoxy) is 2. The van der Waals surface area contributed by atoms with Crippen LogP contribution in [0, 0.1) is 13.8 Å². The monoisotopic (exact) mass is 688 g/mol. The second kappa shape index (κ2) is 12.7. The molecule has 0 saturated heterocycles. The van der Waals surface area contributed by atoms with Crippen molar-refractivity contribution in [1.82, 2.24) is 0 Å². The van der Waals surface area contributed by atoms with E-state index < -0.39 is 18.2 Å². The Morgan fingerprint density at radius 1 is 0.867 bits per heavy atom. The van der Waals surface area contributed by atoms with E-state index >= 15 is 0 Å². The van der Waals surface area contributed by atoms with Crippen molar-refractivity contribution < 1.29 is 29.0 Å². The van der Waals surface area contributed by atoms with Crippen molar-refractivity contribution in [2.24, 2.45) is 0 Å². The summed E-state index contributed by atoms with van der Waals surface area (Å²) in [5, 5.41) is 13.1. The normalized spacial score (nSPS) is 18.0. The number of amides is 1. The third kappa shape index (κ3) is 5.91. The fourth-order valence-corrected chi connectivity index (χ4v) is 9.45. The number of halogens is 2. The van der Waals surface area contributed by atoms with Crippen LogP contribution in [0.3, 0.4) is 0 Å². The molecule has 2 aromatic heterocycles. The van der Waals surface area contributed by atoms with Gasteiger partial charge in [-0.2, -0.15) is 0 Å². The fourth-order valence-electron chi connectivity index (χ4n) is 6.65. The minimum atomic E-state index is -0.862. The molecule has 0 bridgehead atoms. The lowest BCUT2D eigenvalue weighted by Gasteiger charge is -2.27. The topological polar surface area (TPSA) is 96.4 Å². The predicted octanol–water partition coefficient (Wildman–Crippen LogP) is 7.58. The Bertz CT molecular complexity index is 1840. The number of hydrogen-bond acceptors (Lipinski definition) is 9. The molecule has 2 aliphatic heterocycles. The lowest BCUT2D eigenvalue weighted by atomic mass is 10.0. The number of thiophene rings is 2. The molecule has 0 radical (unpaired) electrons. The van der Waals surface area contributed by atoms with Crippen LogP contribution >= 0.6 is 45.9 Å². The molecule has 12 heteroatoms. The fraction of sp³-hybridized carbons (Fsp3) is 0.424. The molecule has 4 heterocycles. The molecule has 8 nitrogen and oxygen atoms in total. The van der Waals surface area contributed by atoms with Crippen LogP contribution < -0.4 is 19.3 Å². The van der Waals surface area contributed by atoms with Crippen LogP contribution in [0.2, 0.25) is 0 Å². The van der Waals surface area contributed by atoms with E-state index in [1.165, 1.54) is 13.8 Å². The summed E-state index contributed by atoms with van der Waals surface area (Å²) in [6.45, 7) is 7.72. The molecule has 0 spiro atoms. The minimum Gasteiger partial charge on any atom is -0.426 e. The van der Waals surface area contributed by atoms with Crippen molar-refractivity contribution >= 4 is 95.3 Å². The Balaban J connectivity index is 1.21. The van der Waals surface area contributed by atoms with Gasteiger partial charge in [-0.1, -0.05) is 0 Å². The number of nitrogens with zero attached hydrogens (tertiary/aromatic N) is 2. The lowest BCUT2D eigenvalue weighted by molar-refractivity contribution is -0.132. The number of anilines is 2. The van der Waals surface area contributed by atoms with Gasteiger partial charge in [-0.3, -0.25) is 14.4 Å². The number of rotatable bonds is 9. The van der Waals surface area contributed by atoms with E-state index in [4.69, 9.17) is 32.7 Å². The molecule has 1 unspecified atom stereocenters. The number of carbonyl (C=O) groups excluding carboxylic acids is 3. The number of alkyl halides is 2. The Kier molecular flexibility index (Phi) is 9.06. The Morgan fingerprint density at radius 3 is 1.91 bits per heavy atom. The highest BCUT2D eigenvalue weighted by molar-refractivity contribution is 7.19. The minimum absolute atomic E-state index is 0.00241. The van der Waals surface area contributed by atoms with Gasteiger partial charge in [-0.15, -0.1) is 45.9 Å². The van der Waals surface area contributed by atoms with Gasteiger partial charge in [0.05, 0.1) is 5.69 Å². The molecule has 1 N–H and O–H groups in total. The summed E-state index contributed by atoms with van der Waals surface area (Å²) in [6, 6.07) is 7.62. The Labute approximate surface area is 279 Å². The molecule has 45 heavy (non-hydrogen) atoms. The van der Waals surface area contributed by atoms with Gasteiger partial charge in [-0.25, -0.2) is 0 Å². The lowest BCUT2D eigenvalue weighted by Crippen LogP contribution is -2.35. The first-order valence-corrected chi connectivity index (χ1v) is 17.6. The van der Waals surface area contributed by atoms with Gasteiger partial charge in [0.25, 0.3) is 0 Å². The highest BCUT2D eigenvalue weighted by Crippen LogP contribution is 2.50. The standard InChI is InChI=1S/C33H34Cl2N2O6S2/c1-16-8-22-26(42-18(3)38)10-24-30(32(22)44-16)20(12-34)14-36(24)28(40)6-5-7-29(41)37-15-21(13-35)31-25(37)11-27(43-19(4)39)23-9-17(2)45-33(23)31/h8-11,20-21,28,40H,5-7,12-15H2,1-4H3/t20-,21-,28?/m1/s1. The Hall–Kier alpha value is -2.89. The maximum atomic E-state index is 13.7. The largest absolute Gasteiger partial charge is 0.426 e. The van der Waals surface area contributed by atoms with E-state index in [-0.39, 0.29) is 24.2 Å². The number of fused-ring (bicyclic) bond motifs is 6. The van der Waals surface area contributed by atoms with Crippen LogP contribution in [0.15, 0.2) is 24.3 Å². The molecule has 238 valence electrons. The third-order valence-corrected chi connectivity index (χ3v) is 11.4. The van der Waals surface area contributed by atoms with Gasteiger partial charge in [-0.05, 0) is 44.4 Å². The summed E-state index contributed by atoms with van der Waals surface area (Å²) < 4.78 is 13.1. The maximum absolute atomic E-state index is 13.7. The number of esters is 2. The first-order chi connectivity index (χ1) is 21.5. The van der Waals surface area contributed by atoms with Crippen molar-refractivity contribution in [3.05, 3.63) is 45.1 Å². The van der Waals surface area contributed by atoms with Crippen molar-refractivity contribution in [3.63, 3.8) is 0 Å². The van der Waals surface area contributed by atoms with Crippen LogP contribution in [0.4, 0.5) is 11.4 Å². The van der Waals surface area contributed by atoms with Crippen LogP contribution in [0.1, 0.15) is 65.8 Å². The van der Waals surface area contributed by atoms with Crippen molar-refractivity contribution in [2.75, 3.05) is 34.6 Å². The molecule has 4 aromatic rings. The second-order valence-electron chi connectivity index (χ2n) is 11.7. The molecule has 1 amide bonds. The quantitative estimate of drug-likeness (QED) is 0.110. The van der Waals surface area contributed by atoms with E-state index in [1.54, 1.807) is 33.6 Å². The molecule has 2 aliphatic rings. The van der Waals surface area contributed by atoms with Crippen molar-refractivity contribution in [3.8, 4) is 11.5 Å². The van der Waals surface area contributed by atoms with E-state index in [2.05, 4.69) is 0 Å². The highest BCUT2D eigenvalue weighted by atomic mass is 35.5. The summed E-state index contributed by atoms with van der Waals surface area (Å²) in [4.78, 5) is 43.3. The number of aryl methyl sites for hydroxylation is 2. The van der Waals surface area contributed by atoms with Crippen LogP contribution in [-0.2, 0) is 14.4 Å². The van der Waals surface area contributed by atoms with E-state index in [9.17, 15) is 19.5 Å². The summed E-state index contributed by atoms with van der Waals surface area (Å²) >= 11 is 16.1. The molecule has 2 aromatic carbocycles. The highest BCUT2D eigenvalue weighted by Gasteiger charge is 2.37. The molecule has 0 aliphatic carbocycles. The smallest absolute Gasteiger partial charge is 0.308 e. The first-order valence-electron chi connectivity index (χ1n) is 14.9. The molecule has 6 rings (SSSR count). The number of hydrogen-bond donors (Lipinski definition) is 1. The number of aliphatic hydroxyl groups is 1. The average Bonchev–Trinajstić information content (AvgIpc) is 3.74. The zero-order valence-corrected chi connectivity index (χ0v) is 28.6. The number of aliphatic hydroxyl groups excluding tert-OH is 1. The SMILES string of the molecule is CC(=O)Oc1cc2c(c3sc(C)cc13)[C@H](CCl)CN2C(=O)CCCC(O)N1C[C@@H](CCl)c2c1cc(OC(C)=O)c1cc(C)sc21. The number of carbonyl (C=O) groups is 3. The second-order valence-corrected chi connectivity index (χ2v) is 14.9.